The van der Waals surface area contributed by atoms with Crippen LogP contribution in [0.3, 0.4) is 0 Å². The maximum absolute atomic E-state index is 14.5. The van der Waals surface area contributed by atoms with Gasteiger partial charge in [0.05, 0.1) is 6.42 Å². The highest BCUT2D eigenvalue weighted by molar-refractivity contribution is 5.99. The predicted octanol–water partition coefficient (Wildman–Crippen LogP) is 7.58. The first kappa shape index (κ1) is 27.5. The van der Waals surface area contributed by atoms with E-state index in [0.29, 0.717) is 39.2 Å². The molecule has 7 nitrogen and oxygen atoms in total. The predicted molar refractivity (Wildman–Crippen MR) is 161 cm³/mol. The number of H-pyrrole nitrogens is 1. The van der Waals surface area contributed by atoms with Crippen molar-refractivity contribution in [1.29, 1.82) is 0 Å². The molecule has 2 N–H and O–H groups in total. The van der Waals surface area contributed by atoms with Crippen LogP contribution in [0.2, 0.25) is 0 Å². The van der Waals surface area contributed by atoms with Crippen molar-refractivity contribution >= 4 is 22.5 Å². The smallest absolute Gasteiger partial charge is 0.272 e. The minimum absolute atomic E-state index is 0.0873. The molecule has 0 bridgehead atoms. The van der Waals surface area contributed by atoms with Gasteiger partial charge in [-0.2, -0.15) is 0 Å². The molecule has 1 amide bonds. The topological polar surface area (TPSA) is 85.3 Å². The molecular formula is C34H25F2N3O4. The minimum atomic E-state index is -0.865. The van der Waals surface area contributed by atoms with E-state index in [1.54, 1.807) is 48.1 Å². The number of carbonyl (C=O) groups is 1. The fourth-order valence-corrected chi connectivity index (χ4v) is 4.90. The second-order valence-corrected chi connectivity index (χ2v) is 9.90. The highest BCUT2D eigenvalue weighted by atomic mass is 19.1. The number of aromatic nitrogens is 2. The lowest BCUT2D eigenvalue weighted by Gasteiger charge is -2.14. The van der Waals surface area contributed by atoms with Crippen LogP contribution in [0, 0.1) is 11.6 Å². The second kappa shape index (κ2) is 11.7. The minimum Gasteiger partial charge on any atom is -0.457 e. The number of nitrogens with one attached hydrogen (secondary N) is 2. The number of hydrogen-bond donors (Lipinski definition) is 2. The standard InChI is InChI=1S/C34H25F2N3O4/c1-39-20-28(26-14-15-37-34(41)33(26)39)27-19-23(11-13-30(27)43-31-12-10-22(35)18-29(31)36)38-32(40)17-21-6-5-9-25(16-21)42-24-7-3-2-4-8-24/h2-16,18-20H,17H2,1H3,(H,37,41)(H,38,40). The molecule has 6 aromatic rings. The molecule has 0 fully saturated rings. The molecule has 2 heterocycles. The van der Waals surface area contributed by atoms with Gasteiger partial charge in [-0.05, 0) is 66.2 Å². The summed E-state index contributed by atoms with van der Waals surface area (Å²) in [5, 5.41) is 3.55. The third-order valence-corrected chi connectivity index (χ3v) is 6.81. The first-order valence-electron chi connectivity index (χ1n) is 13.4. The molecule has 0 aliphatic carbocycles. The van der Waals surface area contributed by atoms with Crippen LogP contribution >= 0.6 is 0 Å². The monoisotopic (exact) mass is 577 g/mol. The lowest BCUT2D eigenvalue weighted by Crippen LogP contribution is -2.14. The van der Waals surface area contributed by atoms with Gasteiger partial charge in [0.2, 0.25) is 5.91 Å². The normalized spacial score (nSPS) is 11.0. The van der Waals surface area contributed by atoms with E-state index in [2.05, 4.69) is 10.3 Å². The molecule has 0 aliphatic heterocycles. The fourth-order valence-electron chi connectivity index (χ4n) is 4.90. The van der Waals surface area contributed by atoms with Crippen LogP contribution in [-0.2, 0) is 18.3 Å². The molecule has 2 aromatic heterocycles. The molecular weight excluding hydrogens is 552 g/mol. The van der Waals surface area contributed by atoms with Crippen molar-refractivity contribution < 1.29 is 23.0 Å². The molecule has 9 heteroatoms. The first-order chi connectivity index (χ1) is 20.8. The number of rotatable bonds is 8. The quantitative estimate of drug-likeness (QED) is 0.195. The molecule has 0 saturated heterocycles. The summed E-state index contributed by atoms with van der Waals surface area (Å²) in [4.78, 5) is 28.3. The van der Waals surface area contributed by atoms with Gasteiger partial charge in [0.15, 0.2) is 11.6 Å². The van der Waals surface area contributed by atoms with E-state index in [0.717, 1.165) is 17.7 Å². The second-order valence-electron chi connectivity index (χ2n) is 9.90. The molecule has 0 aliphatic rings. The number of pyridine rings is 1. The summed E-state index contributed by atoms with van der Waals surface area (Å²) in [6, 6.07) is 26.3. The van der Waals surface area contributed by atoms with E-state index in [4.69, 9.17) is 9.47 Å². The zero-order valence-electron chi connectivity index (χ0n) is 22.9. The Morgan fingerprint density at radius 1 is 0.837 bits per heavy atom. The number of aryl methyl sites for hydroxylation is 1. The summed E-state index contributed by atoms with van der Waals surface area (Å²) in [5.74, 6) is -0.480. The number of ether oxygens (including phenoxy) is 2. The Kier molecular flexibility index (Phi) is 7.44. The van der Waals surface area contributed by atoms with Gasteiger partial charge in [-0.25, -0.2) is 8.78 Å². The van der Waals surface area contributed by atoms with Gasteiger partial charge >= 0.3 is 0 Å². The van der Waals surface area contributed by atoms with Crippen molar-refractivity contribution in [2.24, 2.45) is 7.05 Å². The molecule has 0 atom stereocenters. The molecule has 0 unspecified atom stereocenters. The van der Waals surface area contributed by atoms with Crippen LogP contribution in [0.15, 0.2) is 114 Å². The van der Waals surface area contributed by atoms with E-state index in [9.17, 15) is 18.4 Å². The van der Waals surface area contributed by atoms with Gasteiger partial charge in [0.1, 0.15) is 28.6 Å². The number of nitrogens with zero attached hydrogens (tertiary/aromatic N) is 1. The van der Waals surface area contributed by atoms with Crippen LogP contribution < -0.4 is 20.3 Å². The van der Waals surface area contributed by atoms with Gasteiger partial charge in [-0.3, -0.25) is 9.59 Å². The fraction of sp³-hybridized carbons (Fsp3) is 0.0588. The molecule has 0 saturated carbocycles. The van der Waals surface area contributed by atoms with Crippen LogP contribution in [0.25, 0.3) is 22.0 Å². The van der Waals surface area contributed by atoms with Gasteiger partial charge in [0, 0.05) is 47.7 Å². The Hall–Kier alpha value is -5.70. The van der Waals surface area contributed by atoms with Gasteiger partial charge in [-0.1, -0.05) is 30.3 Å². The van der Waals surface area contributed by atoms with E-state index in [1.807, 2.05) is 48.5 Å². The van der Waals surface area contributed by atoms with Crippen LogP contribution in [0.5, 0.6) is 23.0 Å². The summed E-state index contributed by atoms with van der Waals surface area (Å²) in [6.07, 6.45) is 3.38. The number of amides is 1. The summed E-state index contributed by atoms with van der Waals surface area (Å²) >= 11 is 0. The van der Waals surface area contributed by atoms with E-state index in [-0.39, 0.29) is 29.4 Å². The Morgan fingerprint density at radius 2 is 1.63 bits per heavy atom. The molecule has 43 heavy (non-hydrogen) atoms. The molecule has 0 spiro atoms. The molecule has 4 aromatic carbocycles. The van der Waals surface area contributed by atoms with Crippen LogP contribution in [0.4, 0.5) is 14.5 Å². The van der Waals surface area contributed by atoms with Crippen molar-refractivity contribution in [2.75, 3.05) is 5.32 Å². The van der Waals surface area contributed by atoms with Crippen molar-refractivity contribution in [3.05, 3.63) is 137 Å². The number of halogens is 2. The molecule has 214 valence electrons. The first-order valence-corrected chi connectivity index (χ1v) is 13.4. The zero-order chi connectivity index (χ0) is 29.9. The van der Waals surface area contributed by atoms with Crippen molar-refractivity contribution in [3.8, 4) is 34.1 Å². The Morgan fingerprint density at radius 3 is 2.44 bits per heavy atom. The summed E-state index contributed by atoms with van der Waals surface area (Å²) in [5.41, 5.74) is 2.50. The number of hydrogen-bond acceptors (Lipinski definition) is 4. The maximum atomic E-state index is 14.5. The third kappa shape index (κ3) is 6.01. The average molecular weight is 578 g/mol. The van der Waals surface area contributed by atoms with E-state index >= 15 is 0 Å². The maximum Gasteiger partial charge on any atom is 0.272 e. The molecule has 6 rings (SSSR count). The van der Waals surface area contributed by atoms with Crippen molar-refractivity contribution in [2.45, 2.75) is 6.42 Å². The average Bonchev–Trinajstić information content (AvgIpc) is 3.33. The van der Waals surface area contributed by atoms with E-state index in [1.165, 1.54) is 12.3 Å². The lowest BCUT2D eigenvalue weighted by atomic mass is 10.0. The van der Waals surface area contributed by atoms with Crippen molar-refractivity contribution in [3.63, 3.8) is 0 Å². The van der Waals surface area contributed by atoms with Crippen LogP contribution in [0.1, 0.15) is 5.56 Å². The Labute approximate surface area is 245 Å². The molecule has 0 radical (unpaired) electrons. The number of anilines is 1. The number of benzene rings is 4. The summed E-state index contributed by atoms with van der Waals surface area (Å²) in [7, 11) is 1.74. The van der Waals surface area contributed by atoms with Crippen molar-refractivity contribution in [1.82, 2.24) is 9.55 Å². The van der Waals surface area contributed by atoms with Gasteiger partial charge in [-0.15, -0.1) is 0 Å². The largest absolute Gasteiger partial charge is 0.457 e. The highest BCUT2D eigenvalue weighted by Crippen LogP contribution is 2.39. The number of fused-ring (bicyclic) bond motifs is 1. The van der Waals surface area contributed by atoms with Crippen LogP contribution in [-0.4, -0.2) is 15.5 Å². The summed E-state index contributed by atoms with van der Waals surface area (Å²) < 4.78 is 41.5. The Bertz CT molecular complexity index is 2020. The zero-order valence-corrected chi connectivity index (χ0v) is 22.9. The van der Waals surface area contributed by atoms with Gasteiger partial charge in [0.25, 0.3) is 5.56 Å². The number of carbonyl (C=O) groups excluding carboxylic acids is 1. The number of aromatic amines is 1. The third-order valence-electron chi connectivity index (χ3n) is 6.81. The Balaban J connectivity index is 1.30. The lowest BCUT2D eigenvalue weighted by molar-refractivity contribution is -0.115. The van der Waals surface area contributed by atoms with Gasteiger partial charge < -0.3 is 24.3 Å². The number of para-hydroxylation sites is 1. The van der Waals surface area contributed by atoms with E-state index < -0.39 is 11.6 Å². The SMILES string of the molecule is Cn1cc(-c2cc(NC(=O)Cc3cccc(Oc4ccccc4)c3)ccc2Oc2ccc(F)cc2F)c2cc[nH]c(=O)c21. The summed E-state index contributed by atoms with van der Waals surface area (Å²) in [6.45, 7) is 0. The highest BCUT2D eigenvalue weighted by Gasteiger charge is 2.18.